The van der Waals surface area contributed by atoms with Gasteiger partial charge < -0.3 is 5.73 Å². The number of hydrogen-bond acceptors (Lipinski definition) is 4. The number of nitrogens with zero attached hydrogens (tertiary/aromatic N) is 1. The molecule has 0 bridgehead atoms. The molecule has 0 aliphatic carbocycles. The molecular formula is C11H13FN4O2S. The smallest absolute Gasteiger partial charge is 0.265 e. The lowest BCUT2D eigenvalue weighted by atomic mass is 10.3. The lowest BCUT2D eigenvalue weighted by Crippen LogP contribution is -2.16. The third-order valence-electron chi connectivity index (χ3n) is 2.52. The summed E-state index contributed by atoms with van der Waals surface area (Å²) < 4.78 is 39.6. The maximum atomic E-state index is 12.8. The summed E-state index contributed by atoms with van der Waals surface area (Å²) in [5, 5.41) is 6.41. The molecule has 1 aromatic heterocycles. The Hall–Kier alpha value is -1.93. The molecule has 0 atom stereocenters. The van der Waals surface area contributed by atoms with E-state index in [1.807, 2.05) is 0 Å². The maximum absolute atomic E-state index is 12.8. The van der Waals surface area contributed by atoms with E-state index < -0.39 is 15.8 Å². The molecule has 0 unspecified atom stereocenters. The zero-order valence-electron chi connectivity index (χ0n) is 10.1. The second-order valence-corrected chi connectivity index (χ2v) is 5.56. The van der Waals surface area contributed by atoms with E-state index in [1.165, 1.54) is 24.3 Å². The van der Waals surface area contributed by atoms with Gasteiger partial charge in [-0.05, 0) is 31.2 Å². The Balaban J connectivity index is 2.37. The van der Waals surface area contributed by atoms with E-state index in [1.54, 1.807) is 6.92 Å². The van der Waals surface area contributed by atoms with Crippen LogP contribution in [0.15, 0.2) is 29.2 Å². The Morgan fingerprint density at radius 3 is 2.58 bits per heavy atom. The van der Waals surface area contributed by atoms with Crippen molar-refractivity contribution in [2.45, 2.75) is 18.4 Å². The number of halogens is 1. The van der Waals surface area contributed by atoms with Crippen molar-refractivity contribution in [3.8, 4) is 0 Å². The number of aromatic amines is 1. The fraction of sp³-hybridized carbons (Fsp3) is 0.182. The SMILES string of the molecule is Cc1[nH]nc(CN)c1S(=O)(=O)Nc1ccc(F)cc1. The van der Waals surface area contributed by atoms with E-state index in [2.05, 4.69) is 14.9 Å². The van der Waals surface area contributed by atoms with Crippen LogP contribution in [0.25, 0.3) is 0 Å². The molecule has 19 heavy (non-hydrogen) atoms. The van der Waals surface area contributed by atoms with Gasteiger partial charge in [0.1, 0.15) is 10.7 Å². The van der Waals surface area contributed by atoms with Gasteiger partial charge in [-0.2, -0.15) is 5.10 Å². The number of sulfonamides is 1. The molecule has 8 heteroatoms. The van der Waals surface area contributed by atoms with Crippen molar-refractivity contribution >= 4 is 15.7 Å². The third kappa shape index (κ3) is 2.74. The van der Waals surface area contributed by atoms with Crippen LogP contribution in [0.5, 0.6) is 0 Å². The average molecular weight is 284 g/mol. The van der Waals surface area contributed by atoms with Crippen LogP contribution in [0.4, 0.5) is 10.1 Å². The summed E-state index contributed by atoms with van der Waals surface area (Å²) in [7, 11) is -3.80. The van der Waals surface area contributed by atoms with Gasteiger partial charge in [0.2, 0.25) is 0 Å². The van der Waals surface area contributed by atoms with E-state index >= 15 is 0 Å². The molecule has 1 aromatic carbocycles. The number of rotatable bonds is 4. The number of benzene rings is 1. The van der Waals surface area contributed by atoms with Gasteiger partial charge in [0, 0.05) is 12.2 Å². The Bertz CT molecular complexity index is 679. The van der Waals surface area contributed by atoms with Crippen LogP contribution in [-0.4, -0.2) is 18.6 Å². The molecule has 0 spiro atoms. The fourth-order valence-corrected chi connectivity index (χ4v) is 3.12. The lowest BCUT2D eigenvalue weighted by Gasteiger charge is -2.08. The molecule has 6 nitrogen and oxygen atoms in total. The molecule has 0 aliphatic heterocycles. The van der Waals surface area contributed by atoms with Crippen molar-refractivity contribution < 1.29 is 12.8 Å². The molecular weight excluding hydrogens is 271 g/mol. The Kier molecular flexibility index (Phi) is 3.54. The fourth-order valence-electron chi connectivity index (χ4n) is 1.69. The molecule has 0 amide bonds. The number of hydrogen-bond donors (Lipinski definition) is 3. The minimum Gasteiger partial charge on any atom is -0.325 e. The number of nitrogens with one attached hydrogen (secondary N) is 2. The molecule has 0 radical (unpaired) electrons. The van der Waals surface area contributed by atoms with Crippen molar-refractivity contribution in [2.24, 2.45) is 5.73 Å². The van der Waals surface area contributed by atoms with E-state index in [4.69, 9.17) is 5.73 Å². The number of aromatic nitrogens is 2. The summed E-state index contributed by atoms with van der Waals surface area (Å²) in [4.78, 5) is 0.0272. The van der Waals surface area contributed by atoms with Gasteiger partial charge in [0.25, 0.3) is 10.0 Å². The van der Waals surface area contributed by atoms with Crippen molar-refractivity contribution in [3.63, 3.8) is 0 Å². The zero-order valence-corrected chi connectivity index (χ0v) is 11.0. The van der Waals surface area contributed by atoms with Gasteiger partial charge in [-0.15, -0.1) is 0 Å². The standard InChI is InChI=1S/C11H13FN4O2S/c1-7-11(10(6-13)15-14-7)19(17,18)16-9-4-2-8(12)3-5-9/h2-5,16H,6,13H2,1H3,(H,14,15). The molecule has 4 N–H and O–H groups in total. The molecule has 0 saturated carbocycles. The van der Waals surface area contributed by atoms with Crippen LogP contribution in [-0.2, 0) is 16.6 Å². The first kappa shape index (κ1) is 13.5. The Morgan fingerprint density at radius 1 is 1.37 bits per heavy atom. The van der Waals surface area contributed by atoms with Crippen molar-refractivity contribution in [3.05, 3.63) is 41.5 Å². The Labute approximate surface area is 109 Å². The van der Waals surface area contributed by atoms with Gasteiger partial charge >= 0.3 is 0 Å². The summed E-state index contributed by atoms with van der Waals surface area (Å²) in [6, 6.07) is 5.02. The second-order valence-electron chi connectivity index (χ2n) is 3.94. The molecule has 2 aromatic rings. The predicted molar refractivity (Wildman–Crippen MR) is 68.4 cm³/mol. The number of anilines is 1. The van der Waals surface area contributed by atoms with E-state index in [0.29, 0.717) is 5.69 Å². The highest BCUT2D eigenvalue weighted by atomic mass is 32.2. The van der Waals surface area contributed by atoms with Gasteiger partial charge in [-0.1, -0.05) is 0 Å². The van der Waals surface area contributed by atoms with Crippen LogP contribution in [0.1, 0.15) is 11.4 Å². The lowest BCUT2D eigenvalue weighted by molar-refractivity contribution is 0.599. The molecule has 2 rings (SSSR count). The van der Waals surface area contributed by atoms with Crippen LogP contribution in [0, 0.1) is 12.7 Å². The summed E-state index contributed by atoms with van der Waals surface area (Å²) in [5.41, 5.74) is 6.37. The zero-order chi connectivity index (χ0) is 14.0. The first-order chi connectivity index (χ1) is 8.94. The van der Waals surface area contributed by atoms with Crippen LogP contribution < -0.4 is 10.5 Å². The number of H-pyrrole nitrogens is 1. The first-order valence-corrected chi connectivity index (χ1v) is 6.94. The summed E-state index contributed by atoms with van der Waals surface area (Å²) in [6.45, 7) is 1.59. The molecule has 1 heterocycles. The van der Waals surface area contributed by atoms with Crippen LogP contribution >= 0.6 is 0 Å². The van der Waals surface area contributed by atoms with Gasteiger partial charge in [-0.25, -0.2) is 12.8 Å². The van der Waals surface area contributed by atoms with Gasteiger partial charge in [0.15, 0.2) is 0 Å². The normalized spacial score (nSPS) is 11.5. The number of aryl methyl sites for hydroxylation is 1. The van der Waals surface area contributed by atoms with E-state index in [0.717, 1.165) is 0 Å². The first-order valence-electron chi connectivity index (χ1n) is 5.46. The number of nitrogens with two attached hydrogens (primary N) is 1. The topological polar surface area (TPSA) is 101 Å². The predicted octanol–water partition coefficient (Wildman–Crippen LogP) is 1.12. The van der Waals surface area contributed by atoms with E-state index in [-0.39, 0.29) is 22.8 Å². The highest BCUT2D eigenvalue weighted by Crippen LogP contribution is 2.21. The molecule has 0 aliphatic rings. The third-order valence-corrected chi connectivity index (χ3v) is 4.10. The van der Waals surface area contributed by atoms with Crippen LogP contribution in [0.3, 0.4) is 0 Å². The van der Waals surface area contributed by atoms with Gasteiger partial charge in [-0.3, -0.25) is 9.82 Å². The minimum absolute atomic E-state index is 0.00397. The largest absolute Gasteiger partial charge is 0.325 e. The van der Waals surface area contributed by atoms with E-state index in [9.17, 15) is 12.8 Å². The molecule has 102 valence electrons. The minimum atomic E-state index is -3.80. The summed E-state index contributed by atoms with van der Waals surface area (Å²) >= 11 is 0. The van der Waals surface area contributed by atoms with Crippen molar-refractivity contribution in [2.75, 3.05) is 4.72 Å². The van der Waals surface area contributed by atoms with Gasteiger partial charge in [0.05, 0.1) is 11.4 Å². The molecule has 0 saturated heterocycles. The average Bonchev–Trinajstić information content (AvgIpc) is 2.74. The van der Waals surface area contributed by atoms with Crippen molar-refractivity contribution in [1.29, 1.82) is 0 Å². The van der Waals surface area contributed by atoms with Crippen LogP contribution in [0.2, 0.25) is 0 Å². The molecule has 0 fully saturated rings. The highest BCUT2D eigenvalue weighted by molar-refractivity contribution is 7.92. The summed E-state index contributed by atoms with van der Waals surface area (Å²) in [5.74, 6) is -0.440. The maximum Gasteiger partial charge on any atom is 0.265 e. The summed E-state index contributed by atoms with van der Waals surface area (Å²) in [6.07, 6.45) is 0. The quantitative estimate of drug-likeness (QED) is 0.783. The monoisotopic (exact) mass is 284 g/mol. The highest BCUT2D eigenvalue weighted by Gasteiger charge is 2.23. The Morgan fingerprint density at radius 2 is 2.00 bits per heavy atom. The second kappa shape index (κ2) is 4.98. The van der Waals surface area contributed by atoms with Crippen molar-refractivity contribution in [1.82, 2.24) is 10.2 Å².